The average Bonchev–Trinajstić information content (AvgIpc) is 2.52. The quantitative estimate of drug-likeness (QED) is 0.905. The Labute approximate surface area is 134 Å². The summed E-state index contributed by atoms with van der Waals surface area (Å²) in [6.45, 7) is 8.20. The molecule has 6 heteroatoms. The van der Waals surface area contributed by atoms with E-state index in [4.69, 9.17) is 0 Å². The minimum absolute atomic E-state index is 0.306. The van der Waals surface area contributed by atoms with E-state index >= 15 is 0 Å². The van der Waals surface area contributed by atoms with E-state index in [1.165, 1.54) is 0 Å². The van der Waals surface area contributed by atoms with Gasteiger partial charge in [0, 0.05) is 6.54 Å². The maximum absolute atomic E-state index is 12.4. The maximum Gasteiger partial charge on any atom is 0.334 e. The summed E-state index contributed by atoms with van der Waals surface area (Å²) in [4.78, 5) is 29.3. The van der Waals surface area contributed by atoms with Crippen LogP contribution in [0.5, 0.6) is 0 Å². The molecule has 2 N–H and O–H groups in total. The number of anilines is 1. The van der Waals surface area contributed by atoms with Gasteiger partial charge in [-0.2, -0.15) is 0 Å². The number of hydrogen-bond acceptors (Lipinski definition) is 4. The van der Waals surface area contributed by atoms with Crippen LogP contribution in [-0.2, 0) is 6.54 Å². The Bertz CT molecular complexity index is 851. The Kier molecular flexibility index (Phi) is 4.09. The minimum atomic E-state index is -0.404. The van der Waals surface area contributed by atoms with Crippen LogP contribution in [0.4, 0.5) is 5.82 Å². The fourth-order valence-electron chi connectivity index (χ4n) is 3.05. The number of hydrogen-bond donors (Lipinski definition) is 2. The van der Waals surface area contributed by atoms with Gasteiger partial charge in [0.15, 0.2) is 0 Å². The van der Waals surface area contributed by atoms with E-state index < -0.39 is 5.69 Å². The van der Waals surface area contributed by atoms with Crippen LogP contribution in [-0.4, -0.2) is 27.7 Å². The molecule has 0 spiro atoms. The van der Waals surface area contributed by atoms with Crippen molar-refractivity contribution in [1.29, 1.82) is 0 Å². The molecule has 0 unspecified atom stereocenters. The molecule has 0 fully saturated rings. The van der Waals surface area contributed by atoms with Crippen molar-refractivity contribution in [2.45, 2.75) is 33.7 Å². The molecule has 0 aliphatic carbocycles. The van der Waals surface area contributed by atoms with Crippen LogP contribution in [0.1, 0.15) is 30.0 Å². The van der Waals surface area contributed by atoms with Crippen LogP contribution in [0, 0.1) is 13.8 Å². The summed E-state index contributed by atoms with van der Waals surface area (Å²) in [6, 6.07) is 5.84. The van der Waals surface area contributed by atoms with Crippen LogP contribution in [0.25, 0.3) is 5.69 Å². The molecule has 1 aliphatic rings. The van der Waals surface area contributed by atoms with Gasteiger partial charge in [0.25, 0.3) is 5.56 Å². The topological polar surface area (TPSA) is 70.1 Å². The third-order valence-corrected chi connectivity index (χ3v) is 4.42. The Morgan fingerprint density at radius 2 is 2.00 bits per heavy atom. The number of fused-ring (bicyclic) bond motifs is 1. The normalized spacial score (nSPS) is 14.4. The number of nitrogens with one attached hydrogen (secondary N) is 2. The summed E-state index contributed by atoms with van der Waals surface area (Å²) in [6.07, 6.45) is 1.02. The zero-order chi connectivity index (χ0) is 16.6. The second-order valence-electron chi connectivity index (χ2n) is 6.03. The molecule has 0 saturated heterocycles. The summed E-state index contributed by atoms with van der Waals surface area (Å²) < 4.78 is 1.59. The smallest absolute Gasteiger partial charge is 0.334 e. The molecule has 23 heavy (non-hydrogen) atoms. The molecule has 6 nitrogen and oxygen atoms in total. The van der Waals surface area contributed by atoms with E-state index in [0.717, 1.165) is 29.8 Å². The van der Waals surface area contributed by atoms with Crippen molar-refractivity contribution < 1.29 is 0 Å². The lowest BCUT2D eigenvalue weighted by Crippen LogP contribution is -2.43. The zero-order valence-electron chi connectivity index (χ0n) is 13.8. The molecular weight excluding hydrogens is 292 g/mol. The molecule has 1 aromatic carbocycles. The Hall–Kier alpha value is -2.34. The molecule has 0 radical (unpaired) electrons. The van der Waals surface area contributed by atoms with Gasteiger partial charge < -0.3 is 5.32 Å². The minimum Gasteiger partial charge on any atom is -0.358 e. The van der Waals surface area contributed by atoms with E-state index in [0.29, 0.717) is 24.6 Å². The summed E-state index contributed by atoms with van der Waals surface area (Å²) >= 11 is 0. The third-order valence-electron chi connectivity index (χ3n) is 4.42. The molecule has 0 bridgehead atoms. The summed E-state index contributed by atoms with van der Waals surface area (Å²) in [5, 5.41) is 3.26. The third kappa shape index (κ3) is 2.70. The predicted octanol–water partition coefficient (Wildman–Crippen LogP) is 1.74. The molecule has 2 aromatic rings. The molecule has 1 aliphatic heterocycles. The number of benzene rings is 1. The molecular formula is C17H22N4O2. The Balaban J connectivity index is 2.20. The van der Waals surface area contributed by atoms with Crippen molar-refractivity contribution in [3.8, 4) is 5.69 Å². The fourth-order valence-corrected chi connectivity index (χ4v) is 3.05. The lowest BCUT2D eigenvalue weighted by Gasteiger charge is -2.30. The SMILES string of the molecule is CCCN1CNc2c(c(=O)[nH]c(=O)n2-c2cccc(C)c2C)C1. The van der Waals surface area contributed by atoms with Crippen LogP contribution in [0.2, 0.25) is 0 Å². The second-order valence-corrected chi connectivity index (χ2v) is 6.03. The van der Waals surface area contributed by atoms with Crippen molar-refractivity contribution in [3.63, 3.8) is 0 Å². The molecule has 0 saturated carbocycles. The van der Waals surface area contributed by atoms with E-state index in [1.807, 2.05) is 32.0 Å². The zero-order valence-corrected chi connectivity index (χ0v) is 13.8. The highest BCUT2D eigenvalue weighted by Crippen LogP contribution is 2.23. The van der Waals surface area contributed by atoms with Gasteiger partial charge in [0.05, 0.1) is 17.9 Å². The largest absolute Gasteiger partial charge is 0.358 e. The van der Waals surface area contributed by atoms with Crippen LogP contribution in [0.15, 0.2) is 27.8 Å². The fraction of sp³-hybridized carbons (Fsp3) is 0.412. The molecule has 2 heterocycles. The number of aryl methyl sites for hydroxylation is 1. The first-order valence-corrected chi connectivity index (χ1v) is 7.94. The Morgan fingerprint density at radius 3 is 2.74 bits per heavy atom. The van der Waals surface area contributed by atoms with Gasteiger partial charge in [-0.3, -0.25) is 14.7 Å². The van der Waals surface area contributed by atoms with Crippen LogP contribution >= 0.6 is 0 Å². The van der Waals surface area contributed by atoms with Crippen molar-refractivity contribution >= 4 is 5.82 Å². The highest BCUT2D eigenvalue weighted by atomic mass is 16.2. The van der Waals surface area contributed by atoms with Crippen LogP contribution < -0.4 is 16.6 Å². The molecule has 1 aromatic heterocycles. The van der Waals surface area contributed by atoms with Crippen molar-refractivity contribution in [2.75, 3.05) is 18.5 Å². The summed E-state index contributed by atoms with van der Waals surface area (Å²) in [5.41, 5.74) is 2.85. The van der Waals surface area contributed by atoms with E-state index in [-0.39, 0.29) is 5.56 Å². The number of aromatic amines is 1. The highest BCUT2D eigenvalue weighted by Gasteiger charge is 2.23. The monoisotopic (exact) mass is 314 g/mol. The van der Waals surface area contributed by atoms with Gasteiger partial charge in [-0.25, -0.2) is 9.36 Å². The molecule has 0 amide bonds. The van der Waals surface area contributed by atoms with Gasteiger partial charge in [-0.15, -0.1) is 0 Å². The standard InChI is InChI=1S/C17H22N4O2/c1-4-8-20-9-13-15(18-10-20)21(17(23)19-16(13)22)14-7-5-6-11(2)12(14)3/h5-7,18H,4,8-10H2,1-3H3,(H,19,22,23). The average molecular weight is 314 g/mol. The number of aromatic nitrogens is 2. The van der Waals surface area contributed by atoms with Gasteiger partial charge in [-0.05, 0) is 44.0 Å². The number of nitrogens with zero attached hydrogens (tertiary/aromatic N) is 2. The maximum atomic E-state index is 12.4. The summed E-state index contributed by atoms with van der Waals surface area (Å²) in [5.74, 6) is 0.611. The molecule has 122 valence electrons. The van der Waals surface area contributed by atoms with Crippen LogP contribution in [0.3, 0.4) is 0 Å². The highest BCUT2D eigenvalue weighted by molar-refractivity contribution is 5.55. The van der Waals surface area contributed by atoms with Crippen molar-refractivity contribution in [2.24, 2.45) is 0 Å². The lowest BCUT2D eigenvalue weighted by molar-refractivity contribution is 0.273. The number of rotatable bonds is 3. The van der Waals surface area contributed by atoms with Crippen molar-refractivity contribution in [3.05, 3.63) is 55.7 Å². The molecule has 0 atom stereocenters. The first-order chi connectivity index (χ1) is 11.0. The van der Waals surface area contributed by atoms with E-state index in [2.05, 4.69) is 22.1 Å². The van der Waals surface area contributed by atoms with E-state index in [1.54, 1.807) is 4.57 Å². The predicted molar refractivity (Wildman–Crippen MR) is 91.3 cm³/mol. The second kappa shape index (κ2) is 6.04. The first kappa shape index (κ1) is 15.6. The first-order valence-electron chi connectivity index (χ1n) is 7.94. The van der Waals surface area contributed by atoms with Crippen molar-refractivity contribution in [1.82, 2.24) is 14.5 Å². The van der Waals surface area contributed by atoms with Gasteiger partial charge in [0.1, 0.15) is 5.82 Å². The molecule has 3 rings (SSSR count). The van der Waals surface area contributed by atoms with Gasteiger partial charge in [-0.1, -0.05) is 19.1 Å². The number of H-pyrrole nitrogens is 1. The summed E-state index contributed by atoms with van der Waals surface area (Å²) in [7, 11) is 0. The van der Waals surface area contributed by atoms with E-state index in [9.17, 15) is 9.59 Å². The lowest BCUT2D eigenvalue weighted by atomic mass is 10.1. The van der Waals surface area contributed by atoms with Gasteiger partial charge in [0.2, 0.25) is 0 Å². The van der Waals surface area contributed by atoms with Gasteiger partial charge >= 0.3 is 5.69 Å². The Morgan fingerprint density at radius 1 is 1.22 bits per heavy atom.